The highest BCUT2D eigenvalue weighted by atomic mass is 16.5. The molecular weight excluding hydrogens is 572 g/mol. The highest BCUT2D eigenvalue weighted by Gasteiger charge is 2.41. The number of carbonyl (C=O) groups excluding carboxylic acids is 7. The summed E-state index contributed by atoms with van der Waals surface area (Å²) >= 11 is 0. The summed E-state index contributed by atoms with van der Waals surface area (Å²) in [5, 5.41) is 10.2. The van der Waals surface area contributed by atoms with Crippen LogP contribution < -0.4 is 27.0 Å². The van der Waals surface area contributed by atoms with E-state index < -0.39 is 48.2 Å². The van der Waals surface area contributed by atoms with Crippen LogP contribution in [-0.4, -0.2) is 72.1 Å². The van der Waals surface area contributed by atoms with Gasteiger partial charge >= 0.3 is 12.0 Å². The highest BCUT2D eigenvalue weighted by Crippen LogP contribution is 2.26. The van der Waals surface area contributed by atoms with Crippen LogP contribution in [0.15, 0.2) is 24.3 Å². The van der Waals surface area contributed by atoms with Crippen LogP contribution in [0.1, 0.15) is 66.4 Å². The maximum Gasteiger partial charge on any atom is 0.312 e. The summed E-state index contributed by atoms with van der Waals surface area (Å²) in [6.45, 7) is 10.8. The van der Waals surface area contributed by atoms with Crippen molar-refractivity contribution in [3.63, 3.8) is 0 Å². The summed E-state index contributed by atoms with van der Waals surface area (Å²) < 4.78 is 5.05. The lowest BCUT2D eigenvalue weighted by molar-refractivity contribution is -0.145. The molecule has 2 atom stereocenters. The maximum absolute atomic E-state index is 12.7. The topological polar surface area (TPSA) is 206 Å². The summed E-state index contributed by atoms with van der Waals surface area (Å²) in [5.41, 5.74) is 5.99. The van der Waals surface area contributed by atoms with Crippen LogP contribution in [0.2, 0.25) is 0 Å². The standard InChI is InChI=1S/C26H36N4O7.C4H10N2O/c1-6-23(34)37-14-17-7-9-18(10-8-17)28-20(31)12-27-25(35)24(16(4)5)29-21(32)13-30-22(33)11-19(15(2)3)26(30)36;1-2-3-6-4(5)7/h7-10,15-16,19,24H,6,11-14H2,1-5H3,(H,27,35)(H,28,31)(H,29,32);2-3H2,1H3,(H3,5,6,7). The first kappa shape index (κ1) is 37.5. The molecule has 6 N–H and O–H groups in total. The van der Waals surface area contributed by atoms with E-state index in [-0.39, 0.29) is 49.7 Å². The second kappa shape index (κ2) is 18.9. The van der Waals surface area contributed by atoms with E-state index in [0.717, 1.165) is 16.9 Å². The van der Waals surface area contributed by atoms with E-state index in [0.29, 0.717) is 12.2 Å². The van der Waals surface area contributed by atoms with E-state index in [4.69, 9.17) is 10.5 Å². The van der Waals surface area contributed by atoms with Crippen molar-refractivity contribution in [3.05, 3.63) is 29.8 Å². The first-order valence-electron chi connectivity index (χ1n) is 14.7. The van der Waals surface area contributed by atoms with Gasteiger partial charge in [0.05, 0.1) is 6.54 Å². The minimum absolute atomic E-state index is 0.0201. The second-order valence-electron chi connectivity index (χ2n) is 10.9. The first-order valence-corrected chi connectivity index (χ1v) is 14.7. The average molecular weight is 619 g/mol. The molecule has 44 heavy (non-hydrogen) atoms. The number of ether oxygens (including phenoxy) is 1. The van der Waals surface area contributed by atoms with Crippen LogP contribution >= 0.6 is 0 Å². The highest BCUT2D eigenvalue weighted by molar-refractivity contribution is 6.06. The molecular formula is C30H46N6O8. The molecule has 14 heteroatoms. The third-order valence-corrected chi connectivity index (χ3v) is 6.55. The van der Waals surface area contributed by atoms with Crippen molar-refractivity contribution in [1.29, 1.82) is 0 Å². The first-order chi connectivity index (χ1) is 20.7. The second-order valence-corrected chi connectivity index (χ2v) is 10.9. The monoisotopic (exact) mass is 618 g/mol. The van der Waals surface area contributed by atoms with Crippen molar-refractivity contribution in [3.8, 4) is 0 Å². The Bertz CT molecular complexity index is 1170. The average Bonchev–Trinajstić information content (AvgIpc) is 3.25. The number of esters is 1. The maximum atomic E-state index is 12.7. The minimum atomic E-state index is -0.959. The summed E-state index contributed by atoms with van der Waals surface area (Å²) in [5.74, 6) is -3.54. The van der Waals surface area contributed by atoms with Gasteiger partial charge < -0.3 is 31.7 Å². The molecule has 1 aliphatic rings. The zero-order chi connectivity index (χ0) is 33.4. The number of hydrogen-bond donors (Lipinski definition) is 5. The van der Waals surface area contributed by atoms with Gasteiger partial charge in [-0.2, -0.15) is 0 Å². The number of hydrogen-bond acceptors (Lipinski definition) is 8. The van der Waals surface area contributed by atoms with E-state index in [1.165, 1.54) is 0 Å². The molecule has 0 aromatic heterocycles. The molecule has 244 valence electrons. The van der Waals surface area contributed by atoms with E-state index in [9.17, 15) is 33.6 Å². The number of nitrogens with one attached hydrogen (secondary N) is 4. The fourth-order valence-electron chi connectivity index (χ4n) is 3.97. The van der Waals surface area contributed by atoms with Crippen molar-refractivity contribution in [2.75, 3.05) is 25.0 Å². The summed E-state index contributed by atoms with van der Waals surface area (Å²) in [7, 11) is 0. The van der Waals surface area contributed by atoms with E-state index in [1.54, 1.807) is 45.0 Å². The van der Waals surface area contributed by atoms with Crippen molar-refractivity contribution < 1.29 is 38.3 Å². The number of amides is 7. The number of primary amides is 1. The van der Waals surface area contributed by atoms with E-state index >= 15 is 0 Å². The third kappa shape index (κ3) is 13.2. The van der Waals surface area contributed by atoms with Crippen molar-refractivity contribution in [2.24, 2.45) is 23.5 Å². The van der Waals surface area contributed by atoms with Crippen LogP contribution in [-0.2, 0) is 40.1 Å². The number of likely N-dealkylation sites (tertiary alicyclic amines) is 1. The smallest absolute Gasteiger partial charge is 0.312 e. The molecule has 14 nitrogen and oxygen atoms in total. The van der Waals surface area contributed by atoms with Gasteiger partial charge in [-0.05, 0) is 36.0 Å². The van der Waals surface area contributed by atoms with E-state index in [2.05, 4.69) is 21.3 Å². The molecule has 0 radical (unpaired) electrons. The van der Waals surface area contributed by atoms with Gasteiger partial charge in [0, 0.05) is 31.0 Å². The lowest BCUT2D eigenvalue weighted by Gasteiger charge is -2.23. The Balaban J connectivity index is 0.00000123. The molecule has 7 amide bonds. The number of nitrogens with two attached hydrogens (primary N) is 1. The number of carbonyl (C=O) groups is 7. The Morgan fingerprint density at radius 2 is 1.61 bits per heavy atom. The fourth-order valence-corrected chi connectivity index (χ4v) is 3.97. The summed E-state index contributed by atoms with van der Waals surface area (Å²) in [4.78, 5) is 84.2. The van der Waals surface area contributed by atoms with Gasteiger partial charge in [0.1, 0.15) is 19.2 Å². The summed E-state index contributed by atoms with van der Waals surface area (Å²) in [6, 6.07) is 5.32. The zero-order valence-corrected chi connectivity index (χ0v) is 26.4. The van der Waals surface area contributed by atoms with Crippen molar-refractivity contribution in [2.45, 2.75) is 73.5 Å². The molecule has 1 aromatic rings. The number of anilines is 1. The number of imide groups is 1. The van der Waals surface area contributed by atoms with Gasteiger partial charge in [0.15, 0.2) is 0 Å². The van der Waals surface area contributed by atoms with Crippen molar-refractivity contribution >= 4 is 47.2 Å². The largest absolute Gasteiger partial charge is 0.461 e. The lowest BCUT2D eigenvalue weighted by Crippen LogP contribution is -2.53. The predicted molar refractivity (Wildman–Crippen MR) is 162 cm³/mol. The normalized spacial score (nSPS) is 14.8. The van der Waals surface area contributed by atoms with Gasteiger partial charge in [0.25, 0.3) is 0 Å². The number of urea groups is 1. The molecule has 2 unspecified atom stereocenters. The van der Waals surface area contributed by atoms with Gasteiger partial charge in [-0.15, -0.1) is 0 Å². The third-order valence-electron chi connectivity index (χ3n) is 6.55. The van der Waals surface area contributed by atoms with Gasteiger partial charge in [-0.1, -0.05) is 53.7 Å². The molecule has 0 aliphatic carbocycles. The van der Waals surface area contributed by atoms with E-state index in [1.807, 2.05) is 20.8 Å². The molecule has 1 fully saturated rings. The van der Waals surface area contributed by atoms with Crippen LogP contribution in [0.3, 0.4) is 0 Å². The number of rotatable bonds is 14. The molecule has 0 saturated carbocycles. The van der Waals surface area contributed by atoms with Crippen LogP contribution in [0.25, 0.3) is 0 Å². The fraction of sp³-hybridized carbons (Fsp3) is 0.567. The molecule has 1 saturated heterocycles. The number of benzene rings is 1. The quantitative estimate of drug-likeness (QED) is 0.152. The number of nitrogens with zero attached hydrogens (tertiary/aromatic N) is 1. The molecule has 1 heterocycles. The Morgan fingerprint density at radius 1 is 0.977 bits per heavy atom. The minimum Gasteiger partial charge on any atom is -0.461 e. The molecule has 0 spiro atoms. The van der Waals surface area contributed by atoms with Gasteiger partial charge in [0.2, 0.25) is 29.5 Å². The van der Waals surface area contributed by atoms with Gasteiger partial charge in [-0.3, -0.25) is 33.7 Å². The van der Waals surface area contributed by atoms with Crippen LogP contribution in [0.4, 0.5) is 10.5 Å². The van der Waals surface area contributed by atoms with Crippen LogP contribution in [0.5, 0.6) is 0 Å². The Hall–Kier alpha value is -4.49. The molecule has 1 aliphatic heterocycles. The molecule has 2 rings (SSSR count). The Morgan fingerprint density at radius 3 is 2.09 bits per heavy atom. The Labute approximate surface area is 258 Å². The molecule has 1 aromatic carbocycles. The van der Waals surface area contributed by atoms with Gasteiger partial charge in [-0.25, -0.2) is 4.79 Å². The van der Waals surface area contributed by atoms with Crippen molar-refractivity contribution in [1.82, 2.24) is 20.9 Å². The predicted octanol–water partition coefficient (Wildman–Crippen LogP) is 1.43. The Kier molecular flexibility index (Phi) is 16.1. The molecule has 0 bridgehead atoms. The van der Waals surface area contributed by atoms with Crippen LogP contribution in [0, 0.1) is 17.8 Å². The summed E-state index contributed by atoms with van der Waals surface area (Å²) in [6.07, 6.45) is 1.29. The zero-order valence-electron chi connectivity index (χ0n) is 26.4. The SMILES string of the molecule is CCC(=O)OCc1ccc(NC(=O)CNC(=O)C(NC(=O)CN2C(=O)CC(C(C)C)C2=O)C(C)C)cc1.CCCNC(N)=O. The lowest BCUT2D eigenvalue weighted by atomic mass is 9.94.